The number of morpholine rings is 1. The molecule has 1 heterocycles. The molecule has 162 valence electrons. The maximum atomic E-state index is 12.4. The number of aryl methyl sites for hydroxylation is 1. The lowest BCUT2D eigenvalue weighted by Gasteiger charge is -2.26. The number of benzene rings is 2. The Balaban J connectivity index is 1.54. The first-order valence-electron chi connectivity index (χ1n) is 10.0. The van der Waals surface area contributed by atoms with E-state index in [-0.39, 0.29) is 12.5 Å². The standard InChI is InChI=1S/C22H29N3O4S/c1-18-3-9-21(10-4-18)25(30(2,27)28)17-22(26)23-15-19-5-7-20(8-6-19)16-24-11-13-29-14-12-24/h3-10H,11-17H2,1-2H3,(H,23,26). The van der Waals surface area contributed by atoms with Crippen molar-refractivity contribution in [3.8, 4) is 0 Å². The summed E-state index contributed by atoms with van der Waals surface area (Å²) in [5.41, 5.74) is 3.68. The summed E-state index contributed by atoms with van der Waals surface area (Å²) in [6.07, 6.45) is 1.10. The van der Waals surface area contributed by atoms with Gasteiger partial charge in [0.25, 0.3) is 0 Å². The Morgan fingerprint density at radius 2 is 1.63 bits per heavy atom. The zero-order valence-electron chi connectivity index (χ0n) is 17.5. The number of rotatable bonds is 8. The Morgan fingerprint density at radius 1 is 1.03 bits per heavy atom. The molecule has 0 atom stereocenters. The van der Waals surface area contributed by atoms with Crippen LogP contribution in [-0.4, -0.2) is 58.3 Å². The highest BCUT2D eigenvalue weighted by atomic mass is 32.2. The van der Waals surface area contributed by atoms with Gasteiger partial charge in [-0.05, 0) is 30.2 Å². The topological polar surface area (TPSA) is 79.0 Å². The second-order valence-electron chi connectivity index (χ2n) is 7.59. The molecule has 0 aromatic heterocycles. The molecule has 8 heteroatoms. The predicted molar refractivity (Wildman–Crippen MR) is 118 cm³/mol. The molecule has 1 amide bonds. The van der Waals surface area contributed by atoms with Crippen LogP contribution >= 0.6 is 0 Å². The summed E-state index contributed by atoms with van der Waals surface area (Å²) in [6.45, 7) is 6.34. The third-order valence-electron chi connectivity index (χ3n) is 5.03. The van der Waals surface area contributed by atoms with E-state index in [2.05, 4.69) is 22.3 Å². The molecular formula is C22H29N3O4S. The number of hydrogen-bond acceptors (Lipinski definition) is 5. The monoisotopic (exact) mass is 431 g/mol. The van der Waals surface area contributed by atoms with Gasteiger partial charge in [0, 0.05) is 26.2 Å². The van der Waals surface area contributed by atoms with Gasteiger partial charge in [-0.1, -0.05) is 42.0 Å². The van der Waals surface area contributed by atoms with Crippen molar-refractivity contribution < 1.29 is 17.9 Å². The normalized spacial score (nSPS) is 15.0. The van der Waals surface area contributed by atoms with Crippen molar-refractivity contribution in [3.63, 3.8) is 0 Å². The van der Waals surface area contributed by atoms with Crippen molar-refractivity contribution in [2.75, 3.05) is 43.4 Å². The van der Waals surface area contributed by atoms with Crippen molar-refractivity contribution in [3.05, 3.63) is 65.2 Å². The van der Waals surface area contributed by atoms with Gasteiger partial charge in [0.05, 0.1) is 25.2 Å². The van der Waals surface area contributed by atoms with Gasteiger partial charge in [-0.25, -0.2) is 8.42 Å². The average Bonchev–Trinajstić information content (AvgIpc) is 2.72. The van der Waals surface area contributed by atoms with Crippen molar-refractivity contribution in [1.29, 1.82) is 0 Å². The largest absolute Gasteiger partial charge is 0.379 e. The van der Waals surface area contributed by atoms with Crippen molar-refractivity contribution >= 4 is 21.6 Å². The van der Waals surface area contributed by atoms with Crippen LogP contribution in [0.3, 0.4) is 0 Å². The minimum absolute atomic E-state index is 0.253. The number of nitrogens with one attached hydrogen (secondary N) is 1. The molecule has 1 aliphatic rings. The zero-order chi connectivity index (χ0) is 21.6. The van der Waals surface area contributed by atoms with Gasteiger partial charge in [-0.15, -0.1) is 0 Å². The minimum Gasteiger partial charge on any atom is -0.379 e. The number of carbonyl (C=O) groups is 1. The van der Waals surface area contributed by atoms with Crippen LogP contribution in [0, 0.1) is 6.92 Å². The molecule has 3 rings (SSSR count). The SMILES string of the molecule is Cc1ccc(N(CC(=O)NCc2ccc(CN3CCOCC3)cc2)S(C)(=O)=O)cc1. The highest BCUT2D eigenvalue weighted by molar-refractivity contribution is 7.92. The number of sulfonamides is 1. The Morgan fingerprint density at radius 3 is 2.23 bits per heavy atom. The second kappa shape index (κ2) is 10.1. The molecule has 1 saturated heterocycles. The van der Waals surface area contributed by atoms with Gasteiger partial charge in [0.1, 0.15) is 6.54 Å². The van der Waals surface area contributed by atoms with Crippen LogP contribution in [0.2, 0.25) is 0 Å². The van der Waals surface area contributed by atoms with Crippen molar-refractivity contribution in [1.82, 2.24) is 10.2 Å². The van der Waals surface area contributed by atoms with Crippen molar-refractivity contribution in [2.24, 2.45) is 0 Å². The predicted octanol–water partition coefficient (Wildman–Crippen LogP) is 1.91. The molecule has 1 fully saturated rings. The molecule has 30 heavy (non-hydrogen) atoms. The molecule has 0 bridgehead atoms. The van der Waals surface area contributed by atoms with Crippen LogP contribution in [0.15, 0.2) is 48.5 Å². The maximum absolute atomic E-state index is 12.4. The Hall–Kier alpha value is -2.42. The Kier molecular flexibility index (Phi) is 7.47. The summed E-state index contributed by atoms with van der Waals surface area (Å²) >= 11 is 0. The van der Waals surface area contributed by atoms with Crippen LogP contribution in [0.4, 0.5) is 5.69 Å². The lowest BCUT2D eigenvalue weighted by Crippen LogP contribution is -2.40. The summed E-state index contributed by atoms with van der Waals surface area (Å²) in [7, 11) is -3.57. The van der Waals surface area contributed by atoms with Crippen molar-refractivity contribution in [2.45, 2.75) is 20.0 Å². The van der Waals surface area contributed by atoms with E-state index < -0.39 is 10.0 Å². The highest BCUT2D eigenvalue weighted by Gasteiger charge is 2.20. The maximum Gasteiger partial charge on any atom is 0.241 e. The van der Waals surface area contributed by atoms with Crippen LogP contribution in [0.5, 0.6) is 0 Å². The fourth-order valence-corrected chi connectivity index (χ4v) is 4.13. The van der Waals surface area contributed by atoms with Gasteiger partial charge in [-0.2, -0.15) is 0 Å². The van der Waals surface area contributed by atoms with Gasteiger partial charge in [0.2, 0.25) is 15.9 Å². The molecular weight excluding hydrogens is 402 g/mol. The van der Waals surface area contributed by atoms with Gasteiger partial charge >= 0.3 is 0 Å². The third-order valence-corrected chi connectivity index (χ3v) is 6.17. The van der Waals surface area contributed by atoms with E-state index in [0.717, 1.165) is 54.5 Å². The van der Waals surface area contributed by atoms with Gasteiger partial charge in [-0.3, -0.25) is 14.0 Å². The number of anilines is 1. The third kappa shape index (κ3) is 6.55. The summed E-state index contributed by atoms with van der Waals surface area (Å²) in [5, 5.41) is 2.81. The summed E-state index contributed by atoms with van der Waals surface area (Å²) in [6, 6.07) is 15.2. The van der Waals surface area contributed by atoms with E-state index in [4.69, 9.17) is 4.74 Å². The van der Waals surface area contributed by atoms with E-state index >= 15 is 0 Å². The molecule has 0 aliphatic carbocycles. The molecule has 0 radical (unpaired) electrons. The number of carbonyl (C=O) groups excluding carboxylic acids is 1. The first-order valence-corrected chi connectivity index (χ1v) is 11.8. The fourth-order valence-electron chi connectivity index (χ4n) is 3.28. The number of amides is 1. The van der Waals surface area contributed by atoms with Crippen LogP contribution in [0.1, 0.15) is 16.7 Å². The summed E-state index contributed by atoms with van der Waals surface area (Å²) in [5.74, 6) is -0.349. The molecule has 0 saturated carbocycles. The van der Waals surface area contributed by atoms with Crippen LogP contribution in [-0.2, 0) is 32.6 Å². The quantitative estimate of drug-likeness (QED) is 0.691. The fraction of sp³-hybridized carbons (Fsp3) is 0.409. The number of ether oxygens (including phenoxy) is 1. The summed E-state index contributed by atoms with van der Waals surface area (Å²) in [4.78, 5) is 14.8. The molecule has 1 N–H and O–H groups in total. The van der Waals surface area contributed by atoms with Crippen LogP contribution < -0.4 is 9.62 Å². The molecule has 7 nitrogen and oxygen atoms in total. The molecule has 2 aromatic rings. The zero-order valence-corrected chi connectivity index (χ0v) is 18.3. The Bertz CT molecular complexity index is 937. The lowest BCUT2D eigenvalue weighted by atomic mass is 10.1. The van der Waals surface area contributed by atoms with Gasteiger partial charge < -0.3 is 10.1 Å². The van der Waals surface area contributed by atoms with E-state index in [1.54, 1.807) is 12.1 Å². The summed E-state index contributed by atoms with van der Waals surface area (Å²) < 4.78 is 30.8. The smallest absolute Gasteiger partial charge is 0.241 e. The average molecular weight is 432 g/mol. The van der Waals surface area contributed by atoms with E-state index in [0.29, 0.717) is 12.2 Å². The first kappa shape index (κ1) is 22.3. The highest BCUT2D eigenvalue weighted by Crippen LogP contribution is 2.18. The van der Waals surface area contributed by atoms with Crippen LogP contribution in [0.25, 0.3) is 0 Å². The molecule has 0 unspecified atom stereocenters. The number of hydrogen-bond donors (Lipinski definition) is 1. The number of nitrogens with zero attached hydrogens (tertiary/aromatic N) is 2. The van der Waals surface area contributed by atoms with E-state index in [1.807, 2.05) is 31.2 Å². The lowest BCUT2D eigenvalue weighted by molar-refractivity contribution is -0.119. The Labute approximate surface area is 178 Å². The minimum atomic E-state index is -3.57. The van der Waals surface area contributed by atoms with Gasteiger partial charge in [0.15, 0.2) is 0 Å². The first-order chi connectivity index (χ1) is 14.3. The molecule has 2 aromatic carbocycles. The van der Waals surface area contributed by atoms with E-state index in [9.17, 15) is 13.2 Å². The molecule has 1 aliphatic heterocycles. The second-order valence-corrected chi connectivity index (χ2v) is 9.49. The van der Waals surface area contributed by atoms with E-state index in [1.165, 1.54) is 5.56 Å². The molecule has 0 spiro atoms.